The Labute approximate surface area is 108 Å². The van der Waals surface area contributed by atoms with Crippen molar-refractivity contribution in [2.75, 3.05) is 7.11 Å². The van der Waals surface area contributed by atoms with E-state index in [-0.39, 0.29) is 11.5 Å². The third-order valence-electron chi connectivity index (χ3n) is 4.03. The van der Waals surface area contributed by atoms with Crippen LogP contribution in [-0.4, -0.2) is 7.11 Å². The van der Waals surface area contributed by atoms with Gasteiger partial charge in [0.1, 0.15) is 5.75 Å². The summed E-state index contributed by atoms with van der Waals surface area (Å²) in [5.41, 5.74) is 7.75. The molecule has 0 amide bonds. The summed E-state index contributed by atoms with van der Waals surface area (Å²) in [7, 11) is 1.63. The zero-order valence-electron chi connectivity index (χ0n) is 10.5. The molecule has 1 aromatic carbocycles. The lowest BCUT2D eigenvalue weighted by molar-refractivity contribution is 0.265. The molecule has 0 heterocycles. The highest BCUT2D eigenvalue weighted by Gasteiger charge is 2.35. The lowest BCUT2D eigenvalue weighted by Crippen LogP contribution is -2.29. The van der Waals surface area contributed by atoms with E-state index in [4.69, 9.17) is 22.1 Å². The Balaban J connectivity index is 2.27. The fourth-order valence-electron chi connectivity index (χ4n) is 2.77. The first-order chi connectivity index (χ1) is 8.07. The van der Waals surface area contributed by atoms with Crippen molar-refractivity contribution in [1.29, 1.82) is 0 Å². The Morgan fingerprint density at radius 1 is 1.35 bits per heavy atom. The predicted octanol–water partition coefficient (Wildman–Crippen LogP) is 3.93. The fraction of sp³-hybridized carbons (Fsp3) is 0.571. The summed E-state index contributed by atoms with van der Waals surface area (Å²) in [6.45, 7) is 2.28. The molecule has 2 N–H and O–H groups in total. The Bertz CT molecular complexity index is 399. The molecule has 94 valence electrons. The molecule has 1 aliphatic carbocycles. The van der Waals surface area contributed by atoms with Crippen LogP contribution in [0.1, 0.15) is 44.2 Å². The highest BCUT2D eigenvalue weighted by Crippen LogP contribution is 2.46. The van der Waals surface area contributed by atoms with Gasteiger partial charge >= 0.3 is 0 Å². The minimum atomic E-state index is 0.0659. The summed E-state index contributed by atoms with van der Waals surface area (Å²) in [6, 6.07) is 5.92. The molecule has 1 unspecified atom stereocenters. The normalized spacial score (nSPS) is 20.2. The van der Waals surface area contributed by atoms with Crippen molar-refractivity contribution in [2.24, 2.45) is 11.1 Å². The van der Waals surface area contributed by atoms with Crippen molar-refractivity contribution in [3.8, 4) is 5.75 Å². The minimum absolute atomic E-state index is 0.0659. The van der Waals surface area contributed by atoms with Crippen molar-refractivity contribution in [3.63, 3.8) is 0 Å². The summed E-state index contributed by atoms with van der Waals surface area (Å²) in [5.74, 6) is 0.709. The molecule has 3 heteroatoms. The number of methoxy groups -OCH3 is 1. The third-order valence-corrected chi connectivity index (χ3v) is 4.34. The van der Waals surface area contributed by atoms with Gasteiger partial charge in [-0.15, -0.1) is 0 Å². The van der Waals surface area contributed by atoms with Gasteiger partial charge in [0.25, 0.3) is 0 Å². The van der Waals surface area contributed by atoms with E-state index < -0.39 is 0 Å². The van der Waals surface area contributed by atoms with Crippen molar-refractivity contribution >= 4 is 11.6 Å². The number of benzene rings is 1. The van der Waals surface area contributed by atoms with Gasteiger partial charge in [-0.3, -0.25) is 0 Å². The fourth-order valence-corrected chi connectivity index (χ4v) is 2.96. The summed E-state index contributed by atoms with van der Waals surface area (Å²) in [6.07, 6.45) is 4.99. The zero-order valence-corrected chi connectivity index (χ0v) is 11.3. The van der Waals surface area contributed by atoms with Crippen molar-refractivity contribution in [2.45, 2.75) is 38.6 Å². The number of hydrogen-bond donors (Lipinski definition) is 1. The highest BCUT2D eigenvalue weighted by molar-refractivity contribution is 6.32. The van der Waals surface area contributed by atoms with Crippen LogP contribution in [0.5, 0.6) is 5.75 Å². The van der Waals surface area contributed by atoms with Gasteiger partial charge in [0, 0.05) is 6.04 Å². The SMILES string of the molecule is COc1cc(C(N)C2(C)CCCC2)ccc1Cl. The molecular formula is C14H20ClNO. The molecular weight excluding hydrogens is 234 g/mol. The lowest BCUT2D eigenvalue weighted by Gasteiger charge is -2.31. The first-order valence-corrected chi connectivity index (χ1v) is 6.54. The van der Waals surface area contributed by atoms with Crippen LogP contribution in [0.25, 0.3) is 0 Å². The lowest BCUT2D eigenvalue weighted by atomic mass is 9.78. The van der Waals surface area contributed by atoms with Crippen LogP contribution in [0.15, 0.2) is 18.2 Å². The van der Waals surface area contributed by atoms with Crippen LogP contribution in [0.4, 0.5) is 0 Å². The van der Waals surface area contributed by atoms with Crippen LogP contribution >= 0.6 is 11.6 Å². The van der Waals surface area contributed by atoms with Gasteiger partial charge in [0.05, 0.1) is 12.1 Å². The Kier molecular flexibility index (Phi) is 3.64. The molecule has 0 radical (unpaired) electrons. The standard InChI is InChI=1S/C14H20ClNO/c1-14(7-3-4-8-14)13(16)10-5-6-11(15)12(9-10)17-2/h5-6,9,13H,3-4,7-8,16H2,1-2H3. The molecule has 0 saturated heterocycles. The van der Waals surface area contributed by atoms with Crippen molar-refractivity contribution < 1.29 is 4.74 Å². The molecule has 0 bridgehead atoms. The van der Waals surface area contributed by atoms with E-state index in [0.29, 0.717) is 10.8 Å². The van der Waals surface area contributed by atoms with E-state index in [2.05, 4.69) is 6.92 Å². The summed E-state index contributed by atoms with van der Waals surface area (Å²) in [4.78, 5) is 0. The number of rotatable bonds is 3. The van der Waals surface area contributed by atoms with E-state index in [9.17, 15) is 0 Å². The average Bonchev–Trinajstić information content (AvgIpc) is 2.77. The molecule has 1 aromatic rings. The van der Waals surface area contributed by atoms with E-state index in [1.54, 1.807) is 7.11 Å². The summed E-state index contributed by atoms with van der Waals surface area (Å²) in [5, 5.41) is 0.639. The number of hydrogen-bond acceptors (Lipinski definition) is 2. The van der Waals surface area contributed by atoms with Gasteiger partial charge in [0.15, 0.2) is 0 Å². The van der Waals surface area contributed by atoms with Gasteiger partial charge in [-0.2, -0.15) is 0 Å². The molecule has 1 atom stereocenters. The van der Waals surface area contributed by atoms with Crippen LogP contribution in [0.2, 0.25) is 5.02 Å². The van der Waals surface area contributed by atoms with Crippen LogP contribution < -0.4 is 10.5 Å². The molecule has 2 nitrogen and oxygen atoms in total. The topological polar surface area (TPSA) is 35.2 Å². The second-order valence-corrected chi connectivity index (χ2v) is 5.64. The maximum atomic E-state index is 6.41. The van der Waals surface area contributed by atoms with Gasteiger partial charge in [-0.05, 0) is 36.0 Å². The second kappa shape index (κ2) is 4.87. The number of halogens is 1. The van der Waals surface area contributed by atoms with Gasteiger partial charge < -0.3 is 10.5 Å². The zero-order chi connectivity index (χ0) is 12.5. The maximum Gasteiger partial charge on any atom is 0.137 e. The monoisotopic (exact) mass is 253 g/mol. The van der Waals surface area contributed by atoms with E-state index >= 15 is 0 Å². The molecule has 0 spiro atoms. The first kappa shape index (κ1) is 12.7. The van der Waals surface area contributed by atoms with Crippen LogP contribution in [-0.2, 0) is 0 Å². The summed E-state index contributed by atoms with van der Waals surface area (Å²) >= 11 is 6.03. The Hall–Kier alpha value is -0.730. The van der Waals surface area contributed by atoms with Crippen molar-refractivity contribution in [1.82, 2.24) is 0 Å². The van der Waals surface area contributed by atoms with E-state index in [1.165, 1.54) is 25.7 Å². The molecule has 17 heavy (non-hydrogen) atoms. The van der Waals surface area contributed by atoms with Gasteiger partial charge in [-0.25, -0.2) is 0 Å². The average molecular weight is 254 g/mol. The van der Waals surface area contributed by atoms with Crippen molar-refractivity contribution in [3.05, 3.63) is 28.8 Å². The first-order valence-electron chi connectivity index (χ1n) is 6.16. The molecule has 1 aliphatic rings. The quantitative estimate of drug-likeness (QED) is 0.886. The number of ether oxygens (including phenoxy) is 1. The maximum absolute atomic E-state index is 6.41. The van der Waals surface area contributed by atoms with E-state index in [1.807, 2.05) is 18.2 Å². The Morgan fingerprint density at radius 3 is 2.59 bits per heavy atom. The third kappa shape index (κ3) is 2.43. The predicted molar refractivity (Wildman–Crippen MR) is 71.5 cm³/mol. The largest absolute Gasteiger partial charge is 0.495 e. The summed E-state index contributed by atoms with van der Waals surface area (Å²) < 4.78 is 5.24. The molecule has 0 aromatic heterocycles. The molecule has 2 rings (SSSR count). The number of nitrogens with two attached hydrogens (primary N) is 1. The van der Waals surface area contributed by atoms with Gasteiger partial charge in [-0.1, -0.05) is 37.4 Å². The Morgan fingerprint density at radius 2 is 2.00 bits per heavy atom. The second-order valence-electron chi connectivity index (χ2n) is 5.23. The molecule has 1 saturated carbocycles. The van der Waals surface area contributed by atoms with Crippen LogP contribution in [0.3, 0.4) is 0 Å². The minimum Gasteiger partial charge on any atom is -0.495 e. The molecule has 1 fully saturated rings. The van der Waals surface area contributed by atoms with Gasteiger partial charge in [0.2, 0.25) is 0 Å². The van der Waals surface area contributed by atoms with Crippen LogP contribution in [0, 0.1) is 5.41 Å². The van der Waals surface area contributed by atoms with E-state index in [0.717, 1.165) is 5.56 Å². The highest BCUT2D eigenvalue weighted by atomic mass is 35.5. The molecule has 0 aliphatic heterocycles. The smallest absolute Gasteiger partial charge is 0.137 e.